The monoisotopic (exact) mass is 317 g/mol. The van der Waals surface area contributed by atoms with Crippen molar-refractivity contribution in [2.24, 2.45) is 11.8 Å². The number of carboxylic acid groups (broad SMARTS) is 1. The topological polar surface area (TPSA) is 59.4 Å². The molecule has 1 aromatic heterocycles. The van der Waals surface area contributed by atoms with Crippen LogP contribution in [0.3, 0.4) is 0 Å². The van der Waals surface area contributed by atoms with Gasteiger partial charge >= 0.3 is 12.1 Å². The van der Waals surface area contributed by atoms with Crippen molar-refractivity contribution in [1.29, 1.82) is 0 Å². The van der Waals surface area contributed by atoms with Crippen molar-refractivity contribution >= 4 is 5.97 Å². The number of halogens is 3. The molecule has 0 spiro atoms. The first kappa shape index (κ1) is 16.6. The van der Waals surface area contributed by atoms with Gasteiger partial charge in [-0.25, -0.2) is 0 Å². The second-order valence-corrected chi connectivity index (χ2v) is 5.66. The SMILES string of the molecule is C[C@@H](C(=O)O)C1CCC(Oc2ccnc(C(F)(F)F)c2)CC1. The first-order valence-corrected chi connectivity index (χ1v) is 7.20. The van der Waals surface area contributed by atoms with Crippen LogP contribution in [-0.4, -0.2) is 22.2 Å². The number of hydrogen-bond donors (Lipinski definition) is 1. The Kier molecular flexibility index (Phi) is 4.93. The van der Waals surface area contributed by atoms with E-state index in [0.717, 1.165) is 12.3 Å². The summed E-state index contributed by atoms with van der Waals surface area (Å²) in [4.78, 5) is 14.2. The van der Waals surface area contributed by atoms with Crippen molar-refractivity contribution in [3.63, 3.8) is 0 Å². The Hall–Kier alpha value is -1.79. The first-order valence-electron chi connectivity index (χ1n) is 7.20. The van der Waals surface area contributed by atoms with Gasteiger partial charge in [0.15, 0.2) is 0 Å². The van der Waals surface area contributed by atoms with E-state index in [2.05, 4.69) is 4.98 Å². The molecule has 7 heteroatoms. The van der Waals surface area contributed by atoms with Gasteiger partial charge in [-0.2, -0.15) is 13.2 Å². The quantitative estimate of drug-likeness (QED) is 0.918. The van der Waals surface area contributed by atoms with Crippen molar-refractivity contribution in [3.05, 3.63) is 24.0 Å². The van der Waals surface area contributed by atoms with E-state index >= 15 is 0 Å². The Bertz CT molecular complexity index is 525. The van der Waals surface area contributed by atoms with Gasteiger partial charge in [-0.05, 0) is 37.7 Å². The van der Waals surface area contributed by atoms with E-state index in [0.29, 0.717) is 25.7 Å². The molecule has 0 bridgehead atoms. The average Bonchev–Trinajstić information content (AvgIpc) is 2.46. The van der Waals surface area contributed by atoms with Crippen molar-refractivity contribution in [2.75, 3.05) is 0 Å². The highest BCUT2D eigenvalue weighted by atomic mass is 19.4. The third-order valence-electron chi connectivity index (χ3n) is 4.14. The molecule has 0 radical (unpaired) electrons. The molecule has 22 heavy (non-hydrogen) atoms. The number of nitrogens with zero attached hydrogens (tertiary/aromatic N) is 1. The fourth-order valence-corrected chi connectivity index (χ4v) is 2.74. The van der Waals surface area contributed by atoms with E-state index in [1.54, 1.807) is 6.92 Å². The van der Waals surface area contributed by atoms with E-state index in [9.17, 15) is 18.0 Å². The highest BCUT2D eigenvalue weighted by Gasteiger charge is 2.33. The molecule has 122 valence electrons. The zero-order valence-corrected chi connectivity index (χ0v) is 12.1. The standard InChI is InChI=1S/C15H18F3NO3/c1-9(14(20)21)10-2-4-11(5-3-10)22-12-6-7-19-13(8-12)15(16,17)18/h6-11H,2-5H2,1H3,(H,20,21)/t9-,10?,11?/m1/s1. The normalized spacial score (nSPS) is 23.8. The summed E-state index contributed by atoms with van der Waals surface area (Å²) >= 11 is 0. The fourth-order valence-electron chi connectivity index (χ4n) is 2.74. The van der Waals surface area contributed by atoms with Crippen molar-refractivity contribution in [1.82, 2.24) is 4.98 Å². The number of alkyl halides is 3. The molecular formula is C15H18F3NO3. The molecule has 1 atom stereocenters. The summed E-state index contributed by atoms with van der Waals surface area (Å²) in [5, 5.41) is 9.00. The van der Waals surface area contributed by atoms with Crippen LogP contribution in [0.15, 0.2) is 18.3 Å². The molecule has 0 aliphatic heterocycles. The summed E-state index contributed by atoms with van der Waals surface area (Å²) < 4.78 is 43.4. The van der Waals surface area contributed by atoms with Gasteiger partial charge in [0.05, 0.1) is 12.0 Å². The lowest BCUT2D eigenvalue weighted by atomic mass is 9.80. The molecule has 0 saturated heterocycles. The highest BCUT2D eigenvalue weighted by Crippen LogP contribution is 2.34. The van der Waals surface area contributed by atoms with Gasteiger partial charge in [0.1, 0.15) is 11.4 Å². The van der Waals surface area contributed by atoms with Crippen LogP contribution in [0.25, 0.3) is 0 Å². The lowest BCUT2D eigenvalue weighted by Crippen LogP contribution is -2.30. The number of ether oxygens (including phenoxy) is 1. The maximum Gasteiger partial charge on any atom is 0.433 e. The van der Waals surface area contributed by atoms with Crippen LogP contribution in [-0.2, 0) is 11.0 Å². The third kappa shape index (κ3) is 4.11. The number of carbonyl (C=O) groups is 1. The average molecular weight is 317 g/mol. The van der Waals surface area contributed by atoms with Gasteiger partial charge in [-0.15, -0.1) is 0 Å². The minimum atomic E-state index is -4.49. The van der Waals surface area contributed by atoms with E-state index in [1.807, 2.05) is 0 Å². The van der Waals surface area contributed by atoms with Crippen LogP contribution >= 0.6 is 0 Å². The molecule has 1 aliphatic carbocycles. The van der Waals surface area contributed by atoms with Crippen LogP contribution in [0.1, 0.15) is 38.3 Å². The van der Waals surface area contributed by atoms with Crippen LogP contribution in [0.5, 0.6) is 5.75 Å². The lowest BCUT2D eigenvalue weighted by molar-refractivity contribution is -0.143. The summed E-state index contributed by atoms with van der Waals surface area (Å²) in [6.45, 7) is 1.69. The minimum Gasteiger partial charge on any atom is -0.490 e. The van der Waals surface area contributed by atoms with Gasteiger partial charge in [-0.1, -0.05) is 6.92 Å². The second kappa shape index (κ2) is 6.54. The van der Waals surface area contributed by atoms with E-state index in [-0.39, 0.29) is 17.8 Å². The van der Waals surface area contributed by atoms with Crippen molar-refractivity contribution in [3.8, 4) is 5.75 Å². The molecule has 1 fully saturated rings. The van der Waals surface area contributed by atoms with Gasteiger partial charge in [0.2, 0.25) is 0 Å². The number of aromatic nitrogens is 1. The largest absolute Gasteiger partial charge is 0.490 e. The number of hydrogen-bond acceptors (Lipinski definition) is 3. The minimum absolute atomic E-state index is 0.0977. The number of carboxylic acids is 1. The predicted octanol–water partition coefficient (Wildman–Crippen LogP) is 3.76. The lowest BCUT2D eigenvalue weighted by Gasteiger charge is -2.31. The number of aliphatic carboxylic acids is 1. The Morgan fingerprint density at radius 3 is 2.55 bits per heavy atom. The Labute approximate surface area is 126 Å². The molecule has 1 heterocycles. The maximum atomic E-state index is 12.6. The summed E-state index contributed by atoms with van der Waals surface area (Å²) in [5.41, 5.74) is -0.974. The van der Waals surface area contributed by atoms with E-state index < -0.39 is 23.8 Å². The predicted molar refractivity (Wildman–Crippen MR) is 72.4 cm³/mol. The van der Waals surface area contributed by atoms with E-state index in [4.69, 9.17) is 9.84 Å². The third-order valence-corrected chi connectivity index (χ3v) is 4.14. The summed E-state index contributed by atoms with van der Waals surface area (Å²) in [6.07, 6.45) is -0.895. The Morgan fingerprint density at radius 1 is 1.36 bits per heavy atom. The Morgan fingerprint density at radius 2 is 2.00 bits per heavy atom. The fraction of sp³-hybridized carbons (Fsp3) is 0.600. The maximum absolute atomic E-state index is 12.6. The molecule has 1 aliphatic rings. The van der Waals surface area contributed by atoms with Crippen molar-refractivity contribution < 1.29 is 27.8 Å². The summed E-state index contributed by atoms with van der Waals surface area (Å²) in [5.74, 6) is -0.968. The van der Waals surface area contributed by atoms with Crippen LogP contribution in [0.4, 0.5) is 13.2 Å². The molecule has 1 aromatic rings. The molecule has 0 aromatic carbocycles. The van der Waals surface area contributed by atoms with Gasteiger partial charge in [0, 0.05) is 12.3 Å². The molecule has 1 N–H and O–H groups in total. The highest BCUT2D eigenvalue weighted by molar-refractivity contribution is 5.69. The number of rotatable bonds is 4. The molecule has 4 nitrogen and oxygen atoms in total. The van der Waals surface area contributed by atoms with Crippen LogP contribution in [0.2, 0.25) is 0 Å². The zero-order valence-electron chi connectivity index (χ0n) is 12.1. The smallest absolute Gasteiger partial charge is 0.433 e. The van der Waals surface area contributed by atoms with Gasteiger partial charge in [0.25, 0.3) is 0 Å². The van der Waals surface area contributed by atoms with Gasteiger partial charge < -0.3 is 9.84 Å². The second-order valence-electron chi connectivity index (χ2n) is 5.66. The van der Waals surface area contributed by atoms with Crippen LogP contribution in [0, 0.1) is 11.8 Å². The van der Waals surface area contributed by atoms with E-state index in [1.165, 1.54) is 6.07 Å². The molecule has 2 rings (SSSR count). The van der Waals surface area contributed by atoms with Gasteiger partial charge in [-0.3, -0.25) is 9.78 Å². The first-order chi connectivity index (χ1) is 10.3. The van der Waals surface area contributed by atoms with Crippen LogP contribution < -0.4 is 4.74 Å². The molecule has 0 unspecified atom stereocenters. The Balaban J connectivity index is 1.93. The molecule has 0 amide bonds. The summed E-state index contributed by atoms with van der Waals surface area (Å²) in [7, 11) is 0. The molecular weight excluding hydrogens is 299 g/mol. The number of pyridine rings is 1. The summed E-state index contributed by atoms with van der Waals surface area (Å²) in [6, 6.07) is 2.30. The molecule has 1 saturated carbocycles. The zero-order chi connectivity index (χ0) is 16.3. The van der Waals surface area contributed by atoms with Crippen molar-refractivity contribution in [2.45, 2.75) is 44.9 Å².